The number of nitrogens with zero attached hydrogens (tertiary/aromatic N) is 2. The minimum absolute atomic E-state index is 0.0793. The third-order valence-electron chi connectivity index (χ3n) is 3.77. The molecule has 1 aromatic heterocycles. The number of rotatable bonds is 2. The third kappa shape index (κ3) is 2.87. The first-order chi connectivity index (χ1) is 10.2. The molecule has 0 saturated carbocycles. The molecule has 110 valence electrons. The summed E-state index contributed by atoms with van der Waals surface area (Å²) >= 11 is 6.27. The number of ether oxygens (including phenoxy) is 1. The summed E-state index contributed by atoms with van der Waals surface area (Å²) in [5.41, 5.74) is 1.14. The Hall–Kier alpha value is -1.65. The second-order valence-corrected chi connectivity index (χ2v) is 5.57. The molecule has 0 aliphatic carbocycles. The van der Waals surface area contributed by atoms with Crippen LogP contribution in [-0.4, -0.2) is 41.6 Å². The highest BCUT2D eigenvalue weighted by Crippen LogP contribution is 2.23. The molecule has 1 unspecified atom stereocenters. The molecule has 0 spiro atoms. The number of carbonyl (C=O) groups excluding carboxylic acids is 1. The van der Waals surface area contributed by atoms with Crippen molar-refractivity contribution in [1.29, 1.82) is 0 Å². The highest BCUT2D eigenvalue weighted by Gasteiger charge is 2.25. The standard InChI is InChI=1S/C16H17ClN2O2/c1-2-11-10-19(7-8-21-11)16(20)15-9-13(17)12-5-3-4-6-14(12)18-15/h3-6,9,11H,2,7-8,10H2,1H3. The van der Waals surface area contributed by atoms with Gasteiger partial charge < -0.3 is 9.64 Å². The van der Waals surface area contributed by atoms with Crippen molar-refractivity contribution in [3.8, 4) is 0 Å². The number of morpholine rings is 1. The predicted octanol–water partition coefficient (Wildman–Crippen LogP) is 3.14. The van der Waals surface area contributed by atoms with Crippen LogP contribution in [0.15, 0.2) is 30.3 Å². The van der Waals surface area contributed by atoms with Gasteiger partial charge in [-0.2, -0.15) is 0 Å². The van der Waals surface area contributed by atoms with E-state index in [1.807, 2.05) is 24.3 Å². The van der Waals surface area contributed by atoms with Gasteiger partial charge in [0.2, 0.25) is 0 Å². The van der Waals surface area contributed by atoms with E-state index in [0.29, 0.717) is 30.4 Å². The molecule has 1 aliphatic heterocycles. The number of para-hydroxylation sites is 1. The molecule has 21 heavy (non-hydrogen) atoms. The molecule has 1 aromatic carbocycles. The Bertz CT molecular complexity index is 674. The molecule has 2 aromatic rings. The molecular formula is C16H17ClN2O2. The number of halogens is 1. The molecule has 5 heteroatoms. The van der Waals surface area contributed by atoms with Crippen LogP contribution < -0.4 is 0 Å². The van der Waals surface area contributed by atoms with Gasteiger partial charge in [0.05, 0.1) is 23.3 Å². The largest absolute Gasteiger partial charge is 0.375 e. The SMILES string of the molecule is CCC1CN(C(=O)c2cc(Cl)c3ccccc3n2)CCO1. The van der Waals surface area contributed by atoms with E-state index in [0.717, 1.165) is 17.3 Å². The molecule has 0 radical (unpaired) electrons. The van der Waals surface area contributed by atoms with Gasteiger partial charge in [-0.15, -0.1) is 0 Å². The molecule has 0 N–H and O–H groups in total. The summed E-state index contributed by atoms with van der Waals surface area (Å²) in [6.07, 6.45) is 1.01. The molecule has 1 fully saturated rings. The molecule has 1 atom stereocenters. The lowest BCUT2D eigenvalue weighted by molar-refractivity contribution is -0.0228. The first-order valence-electron chi connectivity index (χ1n) is 7.15. The molecule has 4 nitrogen and oxygen atoms in total. The summed E-state index contributed by atoms with van der Waals surface area (Å²) in [4.78, 5) is 18.8. The summed E-state index contributed by atoms with van der Waals surface area (Å²) in [6.45, 7) is 3.85. The normalized spacial score (nSPS) is 19.0. The number of pyridine rings is 1. The van der Waals surface area contributed by atoms with E-state index in [2.05, 4.69) is 11.9 Å². The molecule has 1 amide bonds. The van der Waals surface area contributed by atoms with E-state index in [1.165, 1.54) is 0 Å². The molecule has 3 rings (SSSR count). The zero-order valence-electron chi connectivity index (χ0n) is 11.9. The van der Waals surface area contributed by atoms with Crippen LogP contribution >= 0.6 is 11.6 Å². The van der Waals surface area contributed by atoms with E-state index >= 15 is 0 Å². The Labute approximate surface area is 128 Å². The molecule has 1 saturated heterocycles. The molecule has 1 aliphatic rings. The third-order valence-corrected chi connectivity index (χ3v) is 4.08. The van der Waals surface area contributed by atoms with Crippen LogP contribution in [0.1, 0.15) is 23.8 Å². The number of aromatic nitrogens is 1. The van der Waals surface area contributed by atoms with Crippen LogP contribution in [0, 0.1) is 0 Å². The highest BCUT2D eigenvalue weighted by atomic mass is 35.5. The highest BCUT2D eigenvalue weighted by molar-refractivity contribution is 6.35. The van der Waals surface area contributed by atoms with E-state index in [9.17, 15) is 4.79 Å². The monoisotopic (exact) mass is 304 g/mol. The van der Waals surface area contributed by atoms with E-state index in [4.69, 9.17) is 16.3 Å². The zero-order chi connectivity index (χ0) is 14.8. The van der Waals surface area contributed by atoms with Gasteiger partial charge in [0, 0.05) is 18.5 Å². The van der Waals surface area contributed by atoms with Gasteiger partial charge in [-0.25, -0.2) is 4.98 Å². The topological polar surface area (TPSA) is 42.4 Å². The second kappa shape index (κ2) is 6.00. The quantitative estimate of drug-likeness (QED) is 0.856. The van der Waals surface area contributed by atoms with Crippen molar-refractivity contribution < 1.29 is 9.53 Å². The van der Waals surface area contributed by atoms with Crippen LogP contribution in [0.25, 0.3) is 10.9 Å². The maximum atomic E-state index is 12.6. The van der Waals surface area contributed by atoms with E-state index in [1.54, 1.807) is 11.0 Å². The summed E-state index contributed by atoms with van der Waals surface area (Å²) in [7, 11) is 0. The van der Waals surface area contributed by atoms with E-state index in [-0.39, 0.29) is 12.0 Å². The Balaban J connectivity index is 1.91. The maximum absolute atomic E-state index is 12.6. The van der Waals surface area contributed by atoms with Gasteiger partial charge in [0.15, 0.2) is 0 Å². The lowest BCUT2D eigenvalue weighted by atomic mass is 10.1. The summed E-state index contributed by atoms with van der Waals surface area (Å²) in [5, 5.41) is 1.42. The summed E-state index contributed by atoms with van der Waals surface area (Å²) in [6, 6.07) is 9.22. The van der Waals surface area contributed by atoms with Crippen LogP contribution in [-0.2, 0) is 4.74 Å². The smallest absolute Gasteiger partial charge is 0.272 e. The number of amides is 1. The van der Waals surface area contributed by atoms with Crippen LogP contribution in [0.4, 0.5) is 0 Å². The van der Waals surface area contributed by atoms with Gasteiger partial charge in [-0.1, -0.05) is 36.7 Å². The van der Waals surface area contributed by atoms with Crippen molar-refractivity contribution in [2.75, 3.05) is 19.7 Å². The lowest BCUT2D eigenvalue weighted by Gasteiger charge is -2.32. The van der Waals surface area contributed by atoms with Gasteiger partial charge >= 0.3 is 0 Å². The molecule has 2 heterocycles. The van der Waals surface area contributed by atoms with Gasteiger partial charge in [-0.3, -0.25) is 4.79 Å². The average molecular weight is 305 g/mol. The number of fused-ring (bicyclic) bond motifs is 1. The van der Waals surface area contributed by atoms with Crippen LogP contribution in [0.3, 0.4) is 0 Å². The molecule has 0 bridgehead atoms. The van der Waals surface area contributed by atoms with Crippen molar-refractivity contribution in [2.24, 2.45) is 0 Å². The van der Waals surface area contributed by atoms with Gasteiger partial charge in [0.25, 0.3) is 5.91 Å². The fraction of sp³-hybridized carbons (Fsp3) is 0.375. The zero-order valence-corrected chi connectivity index (χ0v) is 12.6. The number of hydrogen-bond donors (Lipinski definition) is 0. The van der Waals surface area contributed by atoms with Crippen molar-refractivity contribution in [3.63, 3.8) is 0 Å². The van der Waals surface area contributed by atoms with Gasteiger partial charge in [0.1, 0.15) is 5.69 Å². The van der Waals surface area contributed by atoms with Crippen molar-refractivity contribution in [1.82, 2.24) is 9.88 Å². The summed E-state index contributed by atoms with van der Waals surface area (Å²) < 4.78 is 5.60. The average Bonchev–Trinajstić information content (AvgIpc) is 2.54. The second-order valence-electron chi connectivity index (χ2n) is 5.16. The Morgan fingerprint density at radius 1 is 1.48 bits per heavy atom. The van der Waals surface area contributed by atoms with Crippen molar-refractivity contribution >= 4 is 28.4 Å². The lowest BCUT2D eigenvalue weighted by Crippen LogP contribution is -2.45. The van der Waals surface area contributed by atoms with Crippen molar-refractivity contribution in [3.05, 3.63) is 41.0 Å². The predicted molar refractivity (Wildman–Crippen MR) is 82.7 cm³/mol. The summed E-state index contributed by atoms with van der Waals surface area (Å²) in [5.74, 6) is -0.0793. The van der Waals surface area contributed by atoms with Crippen LogP contribution in [0.2, 0.25) is 5.02 Å². The molecular weight excluding hydrogens is 288 g/mol. The fourth-order valence-corrected chi connectivity index (χ4v) is 2.82. The number of carbonyl (C=O) groups is 1. The minimum Gasteiger partial charge on any atom is -0.375 e. The first kappa shape index (κ1) is 14.3. The van der Waals surface area contributed by atoms with Gasteiger partial charge in [-0.05, 0) is 18.6 Å². The maximum Gasteiger partial charge on any atom is 0.272 e. The van der Waals surface area contributed by atoms with Crippen molar-refractivity contribution in [2.45, 2.75) is 19.4 Å². The number of hydrogen-bond acceptors (Lipinski definition) is 3. The Morgan fingerprint density at radius 2 is 2.29 bits per heavy atom. The number of benzene rings is 1. The minimum atomic E-state index is -0.0793. The Morgan fingerprint density at radius 3 is 3.10 bits per heavy atom. The van der Waals surface area contributed by atoms with E-state index < -0.39 is 0 Å². The fourth-order valence-electron chi connectivity index (χ4n) is 2.56. The van der Waals surface area contributed by atoms with Crippen LogP contribution in [0.5, 0.6) is 0 Å². The Kier molecular flexibility index (Phi) is 4.08. The first-order valence-corrected chi connectivity index (χ1v) is 7.53.